The fraction of sp³-hybridized carbons (Fsp3) is 0.294. The lowest BCUT2D eigenvalue weighted by Crippen LogP contribution is -2.13. The molecule has 0 aliphatic rings. The number of hydrogen-bond acceptors (Lipinski definition) is 1. The lowest BCUT2D eigenvalue weighted by Gasteiger charge is -2.18. The van der Waals surface area contributed by atoms with Crippen LogP contribution in [0.25, 0.3) is 11.1 Å². The molecule has 1 atom stereocenters. The number of nitrogens with one attached hydrogen (secondary N) is 1. The Morgan fingerprint density at radius 3 is 2.37 bits per heavy atom. The molecule has 0 amide bonds. The molecule has 1 N–H and O–H groups in total. The van der Waals surface area contributed by atoms with E-state index in [-0.39, 0.29) is 11.9 Å². The molecular weight excluding hydrogens is 237 g/mol. The summed E-state index contributed by atoms with van der Waals surface area (Å²) in [5, 5.41) is 3.22. The Balaban J connectivity index is 2.62. The van der Waals surface area contributed by atoms with E-state index in [9.17, 15) is 4.39 Å². The molecular formula is C17H20FN. The van der Waals surface area contributed by atoms with Gasteiger partial charge in [0.15, 0.2) is 0 Å². The molecule has 2 aromatic carbocycles. The van der Waals surface area contributed by atoms with Crippen LogP contribution < -0.4 is 5.32 Å². The third kappa shape index (κ3) is 2.85. The lowest BCUT2D eigenvalue weighted by atomic mass is 9.92. The van der Waals surface area contributed by atoms with Crippen LogP contribution in [0.4, 0.5) is 4.39 Å². The van der Waals surface area contributed by atoms with E-state index in [1.165, 1.54) is 17.2 Å². The van der Waals surface area contributed by atoms with Crippen LogP contribution in [0.1, 0.15) is 29.7 Å². The van der Waals surface area contributed by atoms with Crippen molar-refractivity contribution in [1.82, 2.24) is 5.32 Å². The Bertz CT molecular complexity index is 590. The summed E-state index contributed by atoms with van der Waals surface area (Å²) in [5.41, 5.74) is 5.59. The zero-order chi connectivity index (χ0) is 14.0. The van der Waals surface area contributed by atoms with Crippen molar-refractivity contribution in [1.29, 1.82) is 0 Å². The first kappa shape index (κ1) is 13.8. The Morgan fingerprint density at radius 2 is 1.74 bits per heavy atom. The SMILES string of the molecule is CNC(C)c1ccc(F)cc1-c1ccc(C)cc1C. The van der Waals surface area contributed by atoms with Crippen molar-refractivity contribution < 1.29 is 4.39 Å². The fourth-order valence-electron chi connectivity index (χ4n) is 2.41. The highest BCUT2D eigenvalue weighted by molar-refractivity contribution is 5.71. The zero-order valence-corrected chi connectivity index (χ0v) is 11.9. The Kier molecular flexibility index (Phi) is 4.01. The number of halogens is 1. The van der Waals surface area contributed by atoms with Crippen LogP contribution in [0.5, 0.6) is 0 Å². The minimum absolute atomic E-state index is 0.191. The summed E-state index contributed by atoms with van der Waals surface area (Å²) in [4.78, 5) is 0. The highest BCUT2D eigenvalue weighted by atomic mass is 19.1. The normalized spacial score (nSPS) is 12.5. The van der Waals surface area contributed by atoms with Crippen LogP contribution >= 0.6 is 0 Å². The van der Waals surface area contributed by atoms with Gasteiger partial charge in [-0.05, 0) is 62.2 Å². The maximum Gasteiger partial charge on any atom is 0.123 e. The molecule has 100 valence electrons. The molecule has 2 rings (SSSR count). The van der Waals surface area contributed by atoms with Crippen molar-refractivity contribution in [3.8, 4) is 11.1 Å². The van der Waals surface area contributed by atoms with Gasteiger partial charge >= 0.3 is 0 Å². The summed E-state index contributed by atoms with van der Waals surface area (Å²) in [6.45, 7) is 6.22. The Morgan fingerprint density at radius 1 is 1.00 bits per heavy atom. The average molecular weight is 257 g/mol. The third-order valence-electron chi connectivity index (χ3n) is 3.59. The van der Waals surface area contributed by atoms with E-state index in [0.717, 1.165) is 16.7 Å². The summed E-state index contributed by atoms with van der Waals surface area (Å²) < 4.78 is 13.6. The van der Waals surface area contributed by atoms with Gasteiger partial charge in [0.1, 0.15) is 5.82 Å². The minimum Gasteiger partial charge on any atom is -0.313 e. The predicted molar refractivity (Wildman–Crippen MR) is 78.8 cm³/mol. The first-order valence-corrected chi connectivity index (χ1v) is 6.57. The molecule has 2 heteroatoms. The second-order valence-electron chi connectivity index (χ2n) is 5.06. The van der Waals surface area contributed by atoms with Crippen molar-refractivity contribution in [2.45, 2.75) is 26.8 Å². The van der Waals surface area contributed by atoms with Gasteiger partial charge in [0.25, 0.3) is 0 Å². The molecule has 0 fully saturated rings. The first-order chi connectivity index (χ1) is 9.02. The average Bonchev–Trinajstić information content (AvgIpc) is 2.38. The van der Waals surface area contributed by atoms with Crippen LogP contribution in [0.3, 0.4) is 0 Å². The second kappa shape index (κ2) is 5.54. The lowest BCUT2D eigenvalue weighted by molar-refractivity contribution is 0.620. The van der Waals surface area contributed by atoms with Crippen LogP contribution in [0, 0.1) is 19.7 Å². The standard InChI is InChI=1S/C17H20FN/c1-11-5-7-15(12(2)9-11)17-10-14(18)6-8-16(17)13(3)19-4/h5-10,13,19H,1-4H3. The van der Waals surface area contributed by atoms with Gasteiger partial charge in [-0.15, -0.1) is 0 Å². The second-order valence-corrected chi connectivity index (χ2v) is 5.06. The topological polar surface area (TPSA) is 12.0 Å². The van der Waals surface area contributed by atoms with Crippen LogP contribution in [-0.4, -0.2) is 7.05 Å². The zero-order valence-electron chi connectivity index (χ0n) is 11.9. The molecule has 0 saturated carbocycles. The molecule has 0 bridgehead atoms. The molecule has 0 aromatic heterocycles. The van der Waals surface area contributed by atoms with Crippen LogP contribution in [0.15, 0.2) is 36.4 Å². The van der Waals surface area contributed by atoms with Crippen molar-refractivity contribution in [2.75, 3.05) is 7.05 Å². The summed E-state index contributed by atoms with van der Waals surface area (Å²) in [6.07, 6.45) is 0. The van der Waals surface area contributed by atoms with Crippen molar-refractivity contribution in [2.24, 2.45) is 0 Å². The first-order valence-electron chi connectivity index (χ1n) is 6.57. The fourth-order valence-corrected chi connectivity index (χ4v) is 2.41. The van der Waals surface area contributed by atoms with Gasteiger partial charge in [-0.2, -0.15) is 0 Å². The van der Waals surface area contributed by atoms with Crippen molar-refractivity contribution >= 4 is 0 Å². The number of hydrogen-bond donors (Lipinski definition) is 1. The van der Waals surface area contributed by atoms with Gasteiger partial charge in [0.2, 0.25) is 0 Å². The third-order valence-corrected chi connectivity index (χ3v) is 3.59. The van der Waals surface area contributed by atoms with E-state index in [1.54, 1.807) is 6.07 Å². The number of aryl methyl sites for hydroxylation is 2. The van der Waals surface area contributed by atoms with Gasteiger partial charge in [0.05, 0.1) is 0 Å². The summed E-state index contributed by atoms with van der Waals surface area (Å²) in [5.74, 6) is -0.193. The molecule has 0 radical (unpaired) electrons. The quantitative estimate of drug-likeness (QED) is 0.860. The van der Waals surface area contributed by atoms with E-state index in [2.05, 4.69) is 44.3 Å². The maximum absolute atomic E-state index is 13.6. The minimum atomic E-state index is -0.193. The molecule has 1 unspecified atom stereocenters. The van der Waals surface area contributed by atoms with Gasteiger partial charge in [-0.1, -0.05) is 29.8 Å². The number of rotatable bonds is 3. The highest BCUT2D eigenvalue weighted by Gasteiger charge is 2.13. The van der Waals surface area contributed by atoms with Crippen molar-refractivity contribution in [3.63, 3.8) is 0 Å². The van der Waals surface area contributed by atoms with Gasteiger partial charge < -0.3 is 5.32 Å². The van der Waals surface area contributed by atoms with E-state index < -0.39 is 0 Å². The van der Waals surface area contributed by atoms with E-state index >= 15 is 0 Å². The molecule has 19 heavy (non-hydrogen) atoms. The summed E-state index contributed by atoms with van der Waals surface area (Å²) in [7, 11) is 1.92. The molecule has 0 saturated heterocycles. The van der Waals surface area contributed by atoms with Gasteiger partial charge in [0, 0.05) is 6.04 Å². The highest BCUT2D eigenvalue weighted by Crippen LogP contribution is 2.31. The van der Waals surface area contributed by atoms with Crippen molar-refractivity contribution in [3.05, 3.63) is 58.9 Å². The smallest absolute Gasteiger partial charge is 0.123 e. The summed E-state index contributed by atoms with van der Waals surface area (Å²) >= 11 is 0. The molecule has 0 aliphatic heterocycles. The monoisotopic (exact) mass is 257 g/mol. The molecule has 0 spiro atoms. The van der Waals surface area contributed by atoms with E-state index in [4.69, 9.17) is 0 Å². The molecule has 1 nitrogen and oxygen atoms in total. The molecule has 0 aliphatic carbocycles. The van der Waals surface area contributed by atoms with Crippen LogP contribution in [-0.2, 0) is 0 Å². The Labute approximate surface area is 114 Å². The summed E-state index contributed by atoms with van der Waals surface area (Å²) in [6, 6.07) is 11.5. The van der Waals surface area contributed by atoms with Gasteiger partial charge in [-0.3, -0.25) is 0 Å². The molecule has 2 aromatic rings. The Hall–Kier alpha value is -1.67. The maximum atomic E-state index is 13.6. The van der Waals surface area contributed by atoms with Gasteiger partial charge in [-0.25, -0.2) is 4.39 Å². The molecule has 0 heterocycles. The number of benzene rings is 2. The van der Waals surface area contributed by atoms with E-state index in [1.807, 2.05) is 13.1 Å². The van der Waals surface area contributed by atoms with E-state index in [0.29, 0.717) is 0 Å². The largest absolute Gasteiger partial charge is 0.313 e. The predicted octanol–water partition coefficient (Wildman–Crippen LogP) is 4.39. The van der Waals surface area contributed by atoms with Crippen LogP contribution in [0.2, 0.25) is 0 Å².